The highest BCUT2D eigenvalue weighted by Crippen LogP contribution is 2.33. The second kappa shape index (κ2) is 7.77. The molecule has 0 spiro atoms. The Morgan fingerprint density at radius 1 is 1.33 bits per heavy atom. The maximum atomic E-state index is 12.5. The predicted molar refractivity (Wildman–Crippen MR) is 95.8 cm³/mol. The zero-order valence-electron chi connectivity index (χ0n) is 13.7. The van der Waals surface area contributed by atoms with E-state index in [9.17, 15) is 4.79 Å². The van der Waals surface area contributed by atoms with E-state index in [1.54, 1.807) is 18.5 Å². The molecular formula is C18H22N4OS. The van der Waals surface area contributed by atoms with Gasteiger partial charge in [0.2, 0.25) is 5.91 Å². The summed E-state index contributed by atoms with van der Waals surface area (Å²) in [4.78, 5) is 22.0. The summed E-state index contributed by atoms with van der Waals surface area (Å²) in [6.45, 7) is 2.59. The van der Waals surface area contributed by atoms with E-state index in [-0.39, 0.29) is 11.8 Å². The summed E-state index contributed by atoms with van der Waals surface area (Å²) in [5.41, 5.74) is 7.68. The Labute approximate surface area is 146 Å². The Balaban J connectivity index is 1.67. The molecule has 3 rings (SSSR count). The van der Waals surface area contributed by atoms with E-state index in [0.29, 0.717) is 17.6 Å². The molecule has 1 aromatic heterocycles. The summed E-state index contributed by atoms with van der Waals surface area (Å²) < 4.78 is 0. The van der Waals surface area contributed by atoms with Gasteiger partial charge in [-0.05, 0) is 73.8 Å². The third kappa shape index (κ3) is 3.94. The Morgan fingerprint density at radius 3 is 2.83 bits per heavy atom. The van der Waals surface area contributed by atoms with Gasteiger partial charge in [-0.25, -0.2) is 9.97 Å². The van der Waals surface area contributed by atoms with E-state index in [0.717, 1.165) is 35.4 Å². The van der Waals surface area contributed by atoms with Gasteiger partial charge in [-0.1, -0.05) is 6.42 Å². The van der Waals surface area contributed by atoms with Crippen LogP contribution in [0.1, 0.15) is 24.8 Å². The topological polar surface area (TPSA) is 80.9 Å². The minimum Gasteiger partial charge on any atom is -0.330 e. The second-order valence-corrected chi connectivity index (χ2v) is 7.17. The van der Waals surface area contributed by atoms with Crippen LogP contribution < -0.4 is 11.1 Å². The molecular weight excluding hydrogens is 320 g/mol. The van der Waals surface area contributed by atoms with Gasteiger partial charge in [0.15, 0.2) is 5.16 Å². The molecule has 0 bridgehead atoms. The van der Waals surface area contributed by atoms with E-state index < -0.39 is 0 Å². The Kier molecular flexibility index (Phi) is 5.48. The van der Waals surface area contributed by atoms with Gasteiger partial charge in [0.25, 0.3) is 0 Å². The molecule has 0 aliphatic heterocycles. The van der Waals surface area contributed by atoms with Gasteiger partial charge >= 0.3 is 0 Å². The van der Waals surface area contributed by atoms with Crippen molar-refractivity contribution in [1.82, 2.24) is 9.97 Å². The molecule has 126 valence electrons. The van der Waals surface area contributed by atoms with Crippen molar-refractivity contribution in [3.8, 4) is 0 Å². The molecule has 2 atom stereocenters. The first-order valence-electron chi connectivity index (χ1n) is 8.24. The average molecular weight is 342 g/mol. The lowest BCUT2D eigenvalue weighted by Gasteiger charge is -2.18. The number of carbonyl (C=O) groups excluding carboxylic acids is 1. The van der Waals surface area contributed by atoms with Crippen LogP contribution in [0.3, 0.4) is 0 Å². The minimum atomic E-state index is 0.0428. The van der Waals surface area contributed by atoms with Gasteiger partial charge in [0.1, 0.15) is 0 Å². The standard InChI is InChI=1S/C18H22N4OS/c1-12-10-14(24-18-20-8-3-9-21-18)6-7-16(12)22-17(23)15-5-2-4-13(15)11-19/h3,6-10,13,15H,2,4-5,11,19H2,1H3,(H,22,23)/t13-,15-/m1/s1. The van der Waals surface area contributed by atoms with Crippen molar-refractivity contribution in [2.75, 3.05) is 11.9 Å². The maximum absolute atomic E-state index is 12.5. The van der Waals surface area contributed by atoms with E-state index >= 15 is 0 Å². The molecule has 2 aromatic rings. The molecule has 5 nitrogen and oxygen atoms in total. The van der Waals surface area contributed by atoms with Crippen molar-refractivity contribution >= 4 is 23.4 Å². The first kappa shape index (κ1) is 16.9. The highest BCUT2D eigenvalue weighted by Gasteiger charge is 2.32. The summed E-state index contributed by atoms with van der Waals surface area (Å²) in [5, 5.41) is 3.79. The van der Waals surface area contributed by atoms with E-state index in [2.05, 4.69) is 15.3 Å². The number of nitrogens with two attached hydrogens (primary N) is 1. The molecule has 0 saturated heterocycles. The lowest BCUT2D eigenvalue weighted by molar-refractivity contribution is -0.120. The number of rotatable bonds is 5. The van der Waals surface area contributed by atoms with Crippen molar-refractivity contribution < 1.29 is 4.79 Å². The fourth-order valence-corrected chi connectivity index (χ4v) is 3.98. The van der Waals surface area contributed by atoms with Crippen LogP contribution in [0.5, 0.6) is 0 Å². The highest BCUT2D eigenvalue weighted by atomic mass is 32.2. The molecule has 1 aromatic carbocycles. The highest BCUT2D eigenvalue weighted by molar-refractivity contribution is 7.99. The molecule has 1 amide bonds. The molecule has 0 radical (unpaired) electrons. The number of amides is 1. The molecule has 6 heteroatoms. The number of anilines is 1. The Bertz CT molecular complexity index is 707. The number of benzene rings is 1. The molecule has 1 heterocycles. The SMILES string of the molecule is Cc1cc(Sc2ncccn2)ccc1NC(=O)[C@@H]1CCC[C@@H]1CN. The van der Waals surface area contributed by atoms with Gasteiger partial charge in [0, 0.05) is 28.9 Å². The number of hydrogen-bond donors (Lipinski definition) is 2. The van der Waals surface area contributed by atoms with Crippen molar-refractivity contribution in [2.45, 2.75) is 36.2 Å². The van der Waals surface area contributed by atoms with Gasteiger partial charge < -0.3 is 11.1 Å². The number of nitrogens with one attached hydrogen (secondary N) is 1. The van der Waals surface area contributed by atoms with Crippen LogP contribution in [-0.2, 0) is 4.79 Å². The Hall–Kier alpha value is -1.92. The molecule has 24 heavy (non-hydrogen) atoms. The molecule has 3 N–H and O–H groups in total. The van der Waals surface area contributed by atoms with Crippen LogP contribution in [-0.4, -0.2) is 22.4 Å². The predicted octanol–water partition coefficient (Wildman–Crippen LogP) is 3.25. The summed E-state index contributed by atoms with van der Waals surface area (Å²) in [7, 11) is 0. The third-order valence-corrected chi connectivity index (χ3v) is 5.39. The first-order valence-corrected chi connectivity index (χ1v) is 9.05. The van der Waals surface area contributed by atoms with Crippen molar-refractivity contribution in [2.24, 2.45) is 17.6 Å². The van der Waals surface area contributed by atoms with Crippen molar-refractivity contribution in [3.05, 3.63) is 42.2 Å². The van der Waals surface area contributed by atoms with Crippen LogP contribution >= 0.6 is 11.8 Å². The summed E-state index contributed by atoms with van der Waals surface area (Å²) >= 11 is 1.51. The van der Waals surface area contributed by atoms with Gasteiger partial charge in [0.05, 0.1) is 0 Å². The van der Waals surface area contributed by atoms with Gasteiger partial charge in [-0.3, -0.25) is 4.79 Å². The van der Waals surface area contributed by atoms with Crippen molar-refractivity contribution in [1.29, 1.82) is 0 Å². The number of carbonyl (C=O) groups is 1. The summed E-state index contributed by atoms with van der Waals surface area (Å²) in [6.07, 6.45) is 6.54. The molecule has 1 saturated carbocycles. The lowest BCUT2D eigenvalue weighted by Crippen LogP contribution is -2.29. The fraction of sp³-hybridized carbons (Fsp3) is 0.389. The van der Waals surface area contributed by atoms with Crippen LogP contribution in [0, 0.1) is 18.8 Å². The normalized spacial score (nSPS) is 20.1. The van der Waals surface area contributed by atoms with Crippen molar-refractivity contribution in [3.63, 3.8) is 0 Å². The molecule has 1 aliphatic rings. The largest absolute Gasteiger partial charge is 0.330 e. The monoisotopic (exact) mass is 342 g/mol. The van der Waals surface area contributed by atoms with E-state index in [1.807, 2.05) is 25.1 Å². The quantitative estimate of drug-likeness (QED) is 0.815. The summed E-state index contributed by atoms with van der Waals surface area (Å²) in [5.74, 6) is 0.453. The summed E-state index contributed by atoms with van der Waals surface area (Å²) in [6, 6.07) is 7.78. The molecule has 1 aliphatic carbocycles. The second-order valence-electron chi connectivity index (χ2n) is 6.13. The molecule has 1 fully saturated rings. The molecule has 0 unspecified atom stereocenters. The van der Waals surface area contributed by atoms with Crippen LogP contribution in [0.4, 0.5) is 5.69 Å². The van der Waals surface area contributed by atoms with Crippen LogP contribution in [0.15, 0.2) is 46.7 Å². The zero-order chi connectivity index (χ0) is 16.9. The maximum Gasteiger partial charge on any atom is 0.227 e. The lowest BCUT2D eigenvalue weighted by atomic mass is 9.95. The number of nitrogens with zero attached hydrogens (tertiary/aromatic N) is 2. The van der Waals surface area contributed by atoms with E-state index in [4.69, 9.17) is 5.73 Å². The van der Waals surface area contributed by atoms with Gasteiger partial charge in [-0.15, -0.1) is 0 Å². The Morgan fingerprint density at radius 2 is 2.12 bits per heavy atom. The average Bonchev–Trinajstić information content (AvgIpc) is 3.07. The first-order chi connectivity index (χ1) is 11.7. The zero-order valence-corrected chi connectivity index (χ0v) is 14.6. The van der Waals surface area contributed by atoms with E-state index in [1.165, 1.54) is 11.8 Å². The number of hydrogen-bond acceptors (Lipinski definition) is 5. The number of aryl methyl sites for hydroxylation is 1. The van der Waals surface area contributed by atoms with Crippen LogP contribution in [0.2, 0.25) is 0 Å². The van der Waals surface area contributed by atoms with Gasteiger partial charge in [-0.2, -0.15) is 0 Å². The minimum absolute atomic E-state index is 0.0428. The number of aromatic nitrogens is 2. The third-order valence-electron chi connectivity index (χ3n) is 4.51. The smallest absolute Gasteiger partial charge is 0.227 e. The van der Waals surface area contributed by atoms with Crippen LogP contribution in [0.25, 0.3) is 0 Å². The fourth-order valence-electron chi connectivity index (χ4n) is 3.17.